The number of nitrogens with one attached hydrogen (secondary N) is 2. The Morgan fingerprint density at radius 1 is 1.26 bits per heavy atom. The molecule has 0 aliphatic heterocycles. The largest absolute Gasteiger partial charge is 0.478 e. The molecular weight excluding hydrogens is 294 g/mol. The van der Waals surface area contributed by atoms with Gasteiger partial charge in [0, 0.05) is 32.9 Å². The number of ether oxygens (including phenoxy) is 1. The molecule has 0 aliphatic rings. The van der Waals surface area contributed by atoms with Crippen molar-refractivity contribution in [2.75, 3.05) is 13.7 Å². The van der Waals surface area contributed by atoms with E-state index in [1.165, 1.54) is 6.33 Å². The third-order valence-electron chi connectivity index (χ3n) is 3.15. The Morgan fingerprint density at radius 2 is 2.09 bits per heavy atom. The van der Waals surface area contributed by atoms with Crippen LogP contribution >= 0.6 is 0 Å². The van der Waals surface area contributed by atoms with Crippen LogP contribution in [-0.4, -0.2) is 39.4 Å². The second-order valence-corrected chi connectivity index (χ2v) is 4.93. The Hall–Kier alpha value is -2.64. The number of hydrogen-bond acceptors (Lipinski definition) is 5. The number of nitrogens with zero attached hydrogens (tertiary/aromatic N) is 5. The van der Waals surface area contributed by atoms with Gasteiger partial charge in [-0.1, -0.05) is 13.0 Å². The van der Waals surface area contributed by atoms with Gasteiger partial charge in [-0.2, -0.15) is 5.10 Å². The molecule has 0 aromatic carbocycles. The Labute approximate surface area is 136 Å². The van der Waals surface area contributed by atoms with Crippen LogP contribution in [0, 0.1) is 0 Å². The fraction of sp³-hybridized carbons (Fsp3) is 0.467. The van der Waals surface area contributed by atoms with Crippen molar-refractivity contribution in [3.63, 3.8) is 0 Å². The Bertz CT molecular complexity index is 621. The maximum Gasteiger partial charge on any atom is 0.213 e. The summed E-state index contributed by atoms with van der Waals surface area (Å²) in [5, 5.41) is 10.5. The van der Waals surface area contributed by atoms with Crippen LogP contribution in [0.15, 0.2) is 29.6 Å². The first-order valence-electron chi connectivity index (χ1n) is 7.58. The average Bonchev–Trinajstić information content (AvgIpc) is 2.99. The van der Waals surface area contributed by atoms with E-state index in [-0.39, 0.29) is 0 Å². The zero-order valence-corrected chi connectivity index (χ0v) is 13.8. The molecule has 0 unspecified atom stereocenters. The van der Waals surface area contributed by atoms with Crippen molar-refractivity contribution in [3.05, 3.63) is 36.0 Å². The molecule has 2 rings (SSSR count). The normalized spacial score (nSPS) is 11.3. The molecule has 2 N–H and O–H groups in total. The molecule has 0 spiro atoms. The second-order valence-electron chi connectivity index (χ2n) is 4.93. The molecule has 8 nitrogen and oxygen atoms in total. The molecule has 0 bridgehead atoms. The molecular formula is C15H23N7O. The summed E-state index contributed by atoms with van der Waals surface area (Å²) in [7, 11) is 3.58. The Morgan fingerprint density at radius 3 is 2.70 bits per heavy atom. The van der Waals surface area contributed by atoms with Crippen molar-refractivity contribution in [1.29, 1.82) is 0 Å². The highest BCUT2D eigenvalue weighted by atomic mass is 16.5. The highest BCUT2D eigenvalue weighted by Gasteiger charge is 2.03. The lowest BCUT2D eigenvalue weighted by Gasteiger charge is -2.11. The van der Waals surface area contributed by atoms with Crippen LogP contribution in [0.25, 0.3) is 0 Å². The Kier molecular flexibility index (Phi) is 6.34. The molecule has 8 heteroatoms. The highest BCUT2D eigenvalue weighted by Crippen LogP contribution is 2.07. The molecule has 0 saturated carbocycles. The van der Waals surface area contributed by atoms with E-state index in [1.54, 1.807) is 17.9 Å². The summed E-state index contributed by atoms with van der Waals surface area (Å²) in [4.78, 5) is 12.6. The van der Waals surface area contributed by atoms with Crippen LogP contribution in [0.2, 0.25) is 0 Å². The van der Waals surface area contributed by atoms with Gasteiger partial charge in [0.15, 0.2) is 5.96 Å². The minimum absolute atomic E-state index is 0.554. The first kappa shape index (κ1) is 16.7. The third-order valence-corrected chi connectivity index (χ3v) is 3.15. The molecule has 0 radical (unpaired) electrons. The number of guanidine groups is 1. The van der Waals surface area contributed by atoms with Crippen LogP contribution in [0.5, 0.6) is 5.88 Å². The summed E-state index contributed by atoms with van der Waals surface area (Å²) in [6.07, 6.45) is 4.30. The van der Waals surface area contributed by atoms with Crippen molar-refractivity contribution >= 4 is 5.96 Å². The van der Waals surface area contributed by atoms with E-state index in [0.29, 0.717) is 31.5 Å². The van der Waals surface area contributed by atoms with E-state index < -0.39 is 0 Å². The molecule has 2 aromatic rings. The number of aryl methyl sites for hydroxylation is 1. The predicted octanol–water partition coefficient (Wildman–Crippen LogP) is 0.864. The lowest BCUT2D eigenvalue weighted by molar-refractivity contribution is 0.305. The maximum atomic E-state index is 5.47. The van der Waals surface area contributed by atoms with E-state index in [2.05, 4.69) is 37.6 Å². The molecule has 2 aromatic heterocycles. The minimum atomic E-state index is 0.554. The summed E-state index contributed by atoms with van der Waals surface area (Å²) in [6.45, 7) is 3.93. The molecule has 0 amide bonds. The lowest BCUT2D eigenvalue weighted by atomic mass is 10.3. The summed E-state index contributed by atoms with van der Waals surface area (Å²) in [6, 6.07) is 3.86. The summed E-state index contributed by atoms with van der Waals surface area (Å²) in [5.74, 6) is 2.19. The third kappa shape index (κ3) is 5.24. The van der Waals surface area contributed by atoms with Gasteiger partial charge in [-0.25, -0.2) is 9.97 Å². The van der Waals surface area contributed by atoms with Crippen molar-refractivity contribution in [1.82, 2.24) is 30.4 Å². The zero-order valence-electron chi connectivity index (χ0n) is 13.8. The summed E-state index contributed by atoms with van der Waals surface area (Å²) in [5.41, 5.74) is 1.05. The molecule has 0 saturated heterocycles. The molecule has 2 heterocycles. The minimum Gasteiger partial charge on any atom is -0.478 e. The smallest absolute Gasteiger partial charge is 0.213 e. The van der Waals surface area contributed by atoms with Gasteiger partial charge in [0.1, 0.15) is 12.2 Å². The number of aromatic nitrogens is 4. The monoisotopic (exact) mass is 317 g/mol. The molecule has 0 aliphatic carbocycles. The lowest BCUT2D eigenvalue weighted by Crippen LogP contribution is -2.36. The summed E-state index contributed by atoms with van der Waals surface area (Å²) >= 11 is 0. The van der Waals surface area contributed by atoms with Crippen LogP contribution in [0.3, 0.4) is 0 Å². The van der Waals surface area contributed by atoms with E-state index in [0.717, 1.165) is 17.8 Å². The first-order chi connectivity index (χ1) is 11.2. The molecule has 23 heavy (non-hydrogen) atoms. The molecule has 0 fully saturated rings. The van der Waals surface area contributed by atoms with Gasteiger partial charge < -0.3 is 15.4 Å². The van der Waals surface area contributed by atoms with Crippen LogP contribution in [0.1, 0.15) is 24.7 Å². The quantitative estimate of drug-likeness (QED) is 0.582. The van der Waals surface area contributed by atoms with Crippen molar-refractivity contribution in [3.8, 4) is 5.88 Å². The van der Waals surface area contributed by atoms with Gasteiger partial charge in [-0.15, -0.1) is 0 Å². The number of hydrogen-bond donors (Lipinski definition) is 2. The van der Waals surface area contributed by atoms with E-state index in [9.17, 15) is 0 Å². The van der Waals surface area contributed by atoms with Gasteiger partial charge in [-0.05, 0) is 12.0 Å². The van der Waals surface area contributed by atoms with E-state index in [4.69, 9.17) is 4.74 Å². The van der Waals surface area contributed by atoms with Crippen LogP contribution in [-0.2, 0) is 20.1 Å². The van der Waals surface area contributed by atoms with Crippen LogP contribution in [0.4, 0.5) is 0 Å². The van der Waals surface area contributed by atoms with E-state index >= 15 is 0 Å². The Balaban J connectivity index is 1.80. The second kappa shape index (κ2) is 8.72. The van der Waals surface area contributed by atoms with Gasteiger partial charge >= 0.3 is 0 Å². The van der Waals surface area contributed by atoms with Crippen molar-refractivity contribution in [2.24, 2.45) is 12.0 Å². The predicted molar refractivity (Wildman–Crippen MR) is 88.1 cm³/mol. The number of aliphatic imine (C=N–C) groups is 1. The highest BCUT2D eigenvalue weighted by molar-refractivity contribution is 5.79. The van der Waals surface area contributed by atoms with Crippen molar-refractivity contribution in [2.45, 2.75) is 26.4 Å². The fourth-order valence-corrected chi connectivity index (χ4v) is 1.86. The standard InChI is InChI=1S/C15H23N7O/c1-4-7-23-14-6-5-12(8-17-14)9-18-15(16-2)19-10-13-20-11-21-22(13)3/h5-6,8,11H,4,7,9-10H2,1-3H3,(H2,16,18,19). The van der Waals surface area contributed by atoms with Crippen molar-refractivity contribution < 1.29 is 4.74 Å². The topological polar surface area (TPSA) is 89.3 Å². The van der Waals surface area contributed by atoms with Gasteiger partial charge in [0.2, 0.25) is 5.88 Å². The van der Waals surface area contributed by atoms with Crippen LogP contribution < -0.4 is 15.4 Å². The number of rotatable bonds is 7. The summed E-state index contributed by atoms with van der Waals surface area (Å²) < 4.78 is 7.19. The number of pyridine rings is 1. The maximum absolute atomic E-state index is 5.47. The fourth-order valence-electron chi connectivity index (χ4n) is 1.86. The van der Waals surface area contributed by atoms with E-state index in [1.807, 2.05) is 19.2 Å². The van der Waals surface area contributed by atoms with Gasteiger partial charge in [0.25, 0.3) is 0 Å². The van der Waals surface area contributed by atoms with Gasteiger partial charge in [-0.3, -0.25) is 9.67 Å². The van der Waals surface area contributed by atoms with Gasteiger partial charge in [0.05, 0.1) is 13.2 Å². The first-order valence-corrected chi connectivity index (χ1v) is 7.58. The molecule has 124 valence electrons. The average molecular weight is 317 g/mol. The molecule has 0 atom stereocenters. The zero-order chi connectivity index (χ0) is 16.5. The SMILES string of the molecule is CCCOc1ccc(CNC(=NC)NCc2ncnn2C)cn1.